The highest BCUT2D eigenvalue weighted by Gasteiger charge is 2.30. The van der Waals surface area contributed by atoms with Gasteiger partial charge in [0.2, 0.25) is 15.9 Å². The molecule has 0 bridgehead atoms. The van der Waals surface area contributed by atoms with Crippen LogP contribution in [-0.2, 0) is 26.1 Å². The highest BCUT2D eigenvalue weighted by molar-refractivity contribution is 7.89. The number of likely N-dealkylation sites (N-methyl/N-ethyl adjacent to an activating group) is 1. The van der Waals surface area contributed by atoms with Crippen LogP contribution in [0.3, 0.4) is 0 Å². The fourth-order valence-corrected chi connectivity index (χ4v) is 5.20. The largest absolute Gasteiger partial charge is 0.467 e. The lowest BCUT2D eigenvalue weighted by Gasteiger charge is -2.27. The molecule has 1 aromatic heterocycles. The Balaban J connectivity index is 1.75. The number of ether oxygens (including phenoxy) is 1. The lowest BCUT2D eigenvalue weighted by atomic mass is 10.2. The zero-order chi connectivity index (χ0) is 22.6. The maximum absolute atomic E-state index is 13.0. The van der Waals surface area contributed by atoms with Gasteiger partial charge in [0, 0.05) is 20.1 Å². The summed E-state index contributed by atoms with van der Waals surface area (Å²) in [5.41, 5.74) is -0.0702. The number of benzene rings is 1. The molecular formula is C19H21Cl2N3O6S. The molecule has 3 rings (SSSR count). The van der Waals surface area contributed by atoms with Crippen LogP contribution in [0.2, 0.25) is 10.0 Å². The molecule has 1 saturated heterocycles. The summed E-state index contributed by atoms with van der Waals surface area (Å²) in [7, 11) is -2.53. The summed E-state index contributed by atoms with van der Waals surface area (Å²) in [5, 5.41) is 2.52. The molecule has 2 heterocycles. The van der Waals surface area contributed by atoms with Gasteiger partial charge in [0.1, 0.15) is 10.7 Å². The normalized spacial score (nSPS) is 14.9. The molecule has 1 aromatic carbocycles. The summed E-state index contributed by atoms with van der Waals surface area (Å²) < 4.78 is 37.5. The summed E-state index contributed by atoms with van der Waals surface area (Å²) in [6.07, 6.45) is 1.49. The van der Waals surface area contributed by atoms with Crippen molar-refractivity contribution in [2.45, 2.75) is 11.4 Å². The zero-order valence-electron chi connectivity index (χ0n) is 16.6. The number of halogens is 2. The highest BCUT2D eigenvalue weighted by Crippen LogP contribution is 2.31. The number of hydrogen-bond donors (Lipinski definition) is 1. The molecule has 0 spiro atoms. The van der Waals surface area contributed by atoms with Crippen molar-refractivity contribution in [2.75, 3.05) is 39.9 Å². The fourth-order valence-electron chi connectivity index (χ4n) is 2.96. The third kappa shape index (κ3) is 5.58. The highest BCUT2D eigenvalue weighted by atomic mass is 35.5. The van der Waals surface area contributed by atoms with Crippen molar-refractivity contribution in [1.82, 2.24) is 14.5 Å². The average Bonchev–Trinajstić information content (AvgIpc) is 3.26. The van der Waals surface area contributed by atoms with Crippen molar-refractivity contribution < 1.29 is 27.2 Å². The van der Waals surface area contributed by atoms with Gasteiger partial charge in [-0.05, 0) is 24.3 Å². The first-order chi connectivity index (χ1) is 14.7. The number of hydrogen-bond acceptors (Lipinski definition) is 6. The number of carbonyl (C=O) groups excluding carboxylic acids is 2. The minimum absolute atomic E-state index is 0.0150. The second-order valence-corrected chi connectivity index (χ2v) is 9.52. The molecule has 31 heavy (non-hydrogen) atoms. The lowest BCUT2D eigenvalue weighted by molar-refractivity contribution is -0.121. The van der Waals surface area contributed by atoms with E-state index in [1.54, 1.807) is 12.1 Å². The Hall–Kier alpha value is -2.11. The molecule has 0 radical (unpaired) electrons. The van der Waals surface area contributed by atoms with Crippen molar-refractivity contribution in [2.24, 2.45) is 0 Å². The number of nitrogens with one attached hydrogen (secondary N) is 1. The van der Waals surface area contributed by atoms with Crippen LogP contribution in [0, 0.1) is 0 Å². The van der Waals surface area contributed by atoms with E-state index in [-0.39, 0.29) is 59.9 Å². The van der Waals surface area contributed by atoms with Crippen LogP contribution in [0.15, 0.2) is 39.8 Å². The van der Waals surface area contributed by atoms with Gasteiger partial charge in [-0.1, -0.05) is 23.2 Å². The first-order valence-electron chi connectivity index (χ1n) is 9.31. The maximum Gasteiger partial charge on any atom is 0.255 e. The number of carbonyl (C=O) groups is 2. The molecule has 2 aromatic rings. The predicted molar refractivity (Wildman–Crippen MR) is 114 cm³/mol. The minimum Gasteiger partial charge on any atom is -0.467 e. The van der Waals surface area contributed by atoms with Gasteiger partial charge in [-0.25, -0.2) is 8.42 Å². The molecule has 168 valence electrons. The quantitative estimate of drug-likeness (QED) is 0.636. The molecule has 1 aliphatic heterocycles. The first-order valence-corrected chi connectivity index (χ1v) is 11.5. The monoisotopic (exact) mass is 489 g/mol. The van der Waals surface area contributed by atoms with Crippen molar-refractivity contribution in [3.63, 3.8) is 0 Å². The van der Waals surface area contributed by atoms with Crippen molar-refractivity contribution in [3.8, 4) is 0 Å². The van der Waals surface area contributed by atoms with E-state index in [0.717, 1.165) is 11.0 Å². The van der Waals surface area contributed by atoms with E-state index >= 15 is 0 Å². The molecule has 0 unspecified atom stereocenters. The second kappa shape index (κ2) is 10.0. The third-order valence-electron chi connectivity index (χ3n) is 4.61. The molecule has 9 nitrogen and oxygen atoms in total. The van der Waals surface area contributed by atoms with Gasteiger partial charge in [0.15, 0.2) is 0 Å². The van der Waals surface area contributed by atoms with E-state index in [4.69, 9.17) is 32.4 Å². The zero-order valence-corrected chi connectivity index (χ0v) is 19.0. The van der Waals surface area contributed by atoms with Gasteiger partial charge < -0.3 is 19.4 Å². The van der Waals surface area contributed by atoms with Crippen LogP contribution in [0.4, 0.5) is 0 Å². The van der Waals surface area contributed by atoms with Crippen LogP contribution in [0.1, 0.15) is 16.1 Å². The molecule has 2 amide bonds. The molecular weight excluding hydrogens is 469 g/mol. The molecule has 0 aliphatic carbocycles. The standard InChI is InChI=1S/C19H21Cl2N3O6S/c1-23(12-18(25)22-11-13-3-2-6-30-13)19(26)14-9-17(16(21)10-15(14)20)31(27,28)24-4-7-29-8-5-24/h2-3,6,9-10H,4-5,7-8,11-12H2,1H3,(H,22,25). The fraction of sp³-hybridized carbons (Fsp3) is 0.368. The van der Waals surface area contributed by atoms with E-state index in [1.165, 1.54) is 23.7 Å². The summed E-state index contributed by atoms with van der Waals surface area (Å²) in [5.74, 6) is -0.465. The van der Waals surface area contributed by atoms with Gasteiger partial charge in [0.25, 0.3) is 5.91 Å². The molecule has 1 aliphatic rings. The summed E-state index contributed by atoms with van der Waals surface area (Å²) >= 11 is 12.3. The van der Waals surface area contributed by atoms with Gasteiger partial charge in [-0.2, -0.15) is 4.31 Å². The number of nitrogens with zero attached hydrogens (tertiary/aromatic N) is 2. The number of furan rings is 1. The average molecular weight is 490 g/mol. The third-order valence-corrected chi connectivity index (χ3v) is 7.28. The van der Waals surface area contributed by atoms with Crippen LogP contribution in [0.25, 0.3) is 0 Å². The lowest BCUT2D eigenvalue weighted by Crippen LogP contribution is -2.41. The van der Waals surface area contributed by atoms with Gasteiger partial charge >= 0.3 is 0 Å². The molecule has 1 N–H and O–H groups in total. The van der Waals surface area contributed by atoms with Gasteiger partial charge in [-0.15, -0.1) is 0 Å². The Bertz CT molecular complexity index is 1050. The summed E-state index contributed by atoms with van der Waals surface area (Å²) in [4.78, 5) is 25.9. The SMILES string of the molecule is CN(CC(=O)NCc1ccco1)C(=O)c1cc(S(=O)(=O)N2CCOCC2)c(Cl)cc1Cl. The smallest absolute Gasteiger partial charge is 0.255 e. The topological polar surface area (TPSA) is 109 Å². The van der Waals surface area contributed by atoms with Crippen LogP contribution >= 0.6 is 23.2 Å². The molecule has 1 fully saturated rings. The summed E-state index contributed by atoms with van der Waals surface area (Å²) in [6.45, 7) is 0.820. The Labute approximate surface area is 189 Å². The van der Waals surface area contributed by atoms with E-state index in [9.17, 15) is 18.0 Å². The van der Waals surface area contributed by atoms with Crippen LogP contribution in [0.5, 0.6) is 0 Å². The number of sulfonamides is 1. The van der Waals surface area contributed by atoms with Crippen LogP contribution in [-0.4, -0.2) is 69.3 Å². The van der Waals surface area contributed by atoms with Crippen molar-refractivity contribution in [1.29, 1.82) is 0 Å². The van der Waals surface area contributed by atoms with E-state index in [0.29, 0.717) is 5.76 Å². The second-order valence-electron chi connectivity index (χ2n) is 6.80. The van der Waals surface area contributed by atoms with Gasteiger partial charge in [0.05, 0.1) is 48.2 Å². The molecule has 12 heteroatoms. The molecule has 0 saturated carbocycles. The molecule has 0 atom stereocenters. The number of rotatable bonds is 7. The van der Waals surface area contributed by atoms with Crippen molar-refractivity contribution >= 4 is 45.0 Å². The van der Waals surface area contributed by atoms with E-state index in [2.05, 4.69) is 5.32 Å². The predicted octanol–water partition coefficient (Wildman–Crippen LogP) is 2.00. The van der Waals surface area contributed by atoms with Crippen LogP contribution < -0.4 is 5.32 Å². The van der Waals surface area contributed by atoms with E-state index in [1.807, 2.05) is 0 Å². The van der Waals surface area contributed by atoms with Gasteiger partial charge in [-0.3, -0.25) is 9.59 Å². The Kier molecular flexibility index (Phi) is 7.60. The maximum atomic E-state index is 13.0. The van der Waals surface area contributed by atoms with E-state index < -0.39 is 21.8 Å². The Morgan fingerprint density at radius 2 is 1.90 bits per heavy atom. The van der Waals surface area contributed by atoms with Crippen molar-refractivity contribution in [3.05, 3.63) is 51.9 Å². The summed E-state index contributed by atoms with van der Waals surface area (Å²) in [6, 6.07) is 5.77. The first kappa shape index (κ1) is 23.6. The minimum atomic E-state index is -3.95. The number of amides is 2. The Morgan fingerprint density at radius 1 is 1.19 bits per heavy atom. The number of morpholine rings is 1. The Morgan fingerprint density at radius 3 is 2.55 bits per heavy atom.